The molecule has 0 aliphatic carbocycles. The second kappa shape index (κ2) is 8.90. The summed E-state index contributed by atoms with van der Waals surface area (Å²) >= 11 is 0. The van der Waals surface area contributed by atoms with Crippen LogP contribution >= 0.6 is 0 Å². The molecule has 4 nitrogen and oxygen atoms in total. The number of aromatic nitrogens is 2. The molecule has 0 spiro atoms. The summed E-state index contributed by atoms with van der Waals surface area (Å²) in [5.41, 5.74) is 4.22. The molecule has 1 aliphatic rings. The molecule has 2 N–H and O–H groups in total. The Bertz CT molecular complexity index is 1270. The summed E-state index contributed by atoms with van der Waals surface area (Å²) in [5.74, 6) is -1.16. The number of hydrogen-bond donors (Lipinski definition) is 2. The van der Waals surface area contributed by atoms with Crippen LogP contribution in [-0.4, -0.2) is 35.0 Å². The molecule has 0 bridgehead atoms. The van der Waals surface area contributed by atoms with Crippen molar-refractivity contribution in [2.24, 2.45) is 0 Å². The van der Waals surface area contributed by atoms with Crippen molar-refractivity contribution in [2.75, 3.05) is 25.5 Å². The third kappa shape index (κ3) is 4.59. The zero-order valence-electron chi connectivity index (χ0n) is 18.3. The minimum Gasteiger partial charge on any atom is -0.381 e. The van der Waals surface area contributed by atoms with Crippen LogP contribution in [0.25, 0.3) is 22.2 Å². The minimum absolute atomic E-state index is 0.218. The number of halogens is 3. The van der Waals surface area contributed by atoms with E-state index in [1.54, 1.807) is 18.3 Å². The van der Waals surface area contributed by atoms with Gasteiger partial charge >= 0.3 is 0 Å². The van der Waals surface area contributed by atoms with E-state index >= 15 is 0 Å². The Kier molecular flexibility index (Phi) is 5.81. The van der Waals surface area contributed by atoms with E-state index < -0.39 is 11.6 Å². The summed E-state index contributed by atoms with van der Waals surface area (Å²) in [5, 5.41) is 4.02. The Morgan fingerprint density at radius 1 is 0.970 bits per heavy atom. The van der Waals surface area contributed by atoms with Crippen LogP contribution in [0.1, 0.15) is 30.0 Å². The topological polar surface area (TPSA) is 44.0 Å². The molecule has 0 unspecified atom stereocenters. The Balaban J connectivity index is 1.44. The van der Waals surface area contributed by atoms with Crippen molar-refractivity contribution in [1.82, 2.24) is 14.9 Å². The SMILES string of the molecule is CN1CCC(c2cc3c(-c4cc(NCc5cc(F)cc(F)c5)ccc4F)ccnc3[nH]2)CC1. The number of H-pyrrole nitrogens is 1. The van der Waals surface area contributed by atoms with Crippen LogP contribution in [-0.2, 0) is 6.54 Å². The smallest absolute Gasteiger partial charge is 0.138 e. The summed E-state index contributed by atoms with van der Waals surface area (Å²) in [6, 6.07) is 12.1. The lowest BCUT2D eigenvalue weighted by molar-refractivity contribution is 0.254. The molecule has 0 radical (unpaired) electrons. The van der Waals surface area contributed by atoms with Gasteiger partial charge in [0.15, 0.2) is 0 Å². The average molecular weight is 451 g/mol. The fraction of sp³-hybridized carbons (Fsp3) is 0.269. The molecule has 1 fully saturated rings. The first kappa shape index (κ1) is 21.5. The molecule has 170 valence electrons. The van der Waals surface area contributed by atoms with Crippen LogP contribution < -0.4 is 5.32 Å². The first-order chi connectivity index (χ1) is 16.0. The number of likely N-dealkylation sites (tertiary alicyclic amines) is 1. The largest absolute Gasteiger partial charge is 0.381 e. The van der Waals surface area contributed by atoms with E-state index in [0.29, 0.717) is 22.7 Å². The number of nitrogens with one attached hydrogen (secondary N) is 2. The number of rotatable bonds is 5. The molecular formula is C26H25F3N4. The highest BCUT2D eigenvalue weighted by molar-refractivity contribution is 5.94. The molecule has 3 heterocycles. The molecule has 0 atom stereocenters. The van der Waals surface area contributed by atoms with Gasteiger partial charge in [-0.05, 0) is 86.6 Å². The van der Waals surface area contributed by atoms with Gasteiger partial charge in [0.1, 0.15) is 23.1 Å². The van der Waals surface area contributed by atoms with Crippen LogP contribution in [0, 0.1) is 17.5 Å². The molecular weight excluding hydrogens is 425 g/mol. The van der Waals surface area contributed by atoms with Crippen molar-refractivity contribution in [3.05, 3.63) is 83.4 Å². The van der Waals surface area contributed by atoms with E-state index in [1.807, 2.05) is 6.07 Å². The first-order valence-electron chi connectivity index (χ1n) is 11.1. The number of pyridine rings is 1. The summed E-state index contributed by atoms with van der Waals surface area (Å²) in [4.78, 5) is 10.2. The number of fused-ring (bicyclic) bond motifs is 1. The van der Waals surface area contributed by atoms with Crippen LogP contribution in [0.15, 0.2) is 54.7 Å². The van der Waals surface area contributed by atoms with Crippen molar-refractivity contribution < 1.29 is 13.2 Å². The lowest BCUT2D eigenvalue weighted by Crippen LogP contribution is -2.29. The second-order valence-corrected chi connectivity index (χ2v) is 8.75. The monoisotopic (exact) mass is 450 g/mol. The normalized spacial score (nSPS) is 15.3. The lowest BCUT2D eigenvalue weighted by Gasteiger charge is -2.28. The number of anilines is 1. The van der Waals surface area contributed by atoms with E-state index in [9.17, 15) is 13.2 Å². The van der Waals surface area contributed by atoms with Gasteiger partial charge in [-0.2, -0.15) is 0 Å². The van der Waals surface area contributed by atoms with Gasteiger partial charge in [0, 0.05) is 47.1 Å². The van der Waals surface area contributed by atoms with Gasteiger partial charge in [0.25, 0.3) is 0 Å². The number of hydrogen-bond acceptors (Lipinski definition) is 3. The van der Waals surface area contributed by atoms with Crippen LogP contribution in [0.2, 0.25) is 0 Å². The Morgan fingerprint density at radius 2 is 1.73 bits per heavy atom. The zero-order valence-corrected chi connectivity index (χ0v) is 18.3. The average Bonchev–Trinajstić information content (AvgIpc) is 3.23. The fourth-order valence-corrected chi connectivity index (χ4v) is 4.58. The maximum absolute atomic E-state index is 14.9. The van der Waals surface area contributed by atoms with E-state index in [0.717, 1.165) is 54.3 Å². The number of benzene rings is 2. The summed E-state index contributed by atoms with van der Waals surface area (Å²) in [6.07, 6.45) is 3.84. The summed E-state index contributed by atoms with van der Waals surface area (Å²) < 4.78 is 41.8. The van der Waals surface area contributed by atoms with Gasteiger partial charge in [0.2, 0.25) is 0 Å². The van der Waals surface area contributed by atoms with Crippen LogP contribution in [0.3, 0.4) is 0 Å². The number of nitrogens with zero attached hydrogens (tertiary/aromatic N) is 2. The van der Waals surface area contributed by atoms with E-state index in [1.165, 1.54) is 18.2 Å². The van der Waals surface area contributed by atoms with Gasteiger partial charge in [-0.3, -0.25) is 0 Å². The van der Waals surface area contributed by atoms with Crippen molar-refractivity contribution >= 4 is 16.7 Å². The first-order valence-corrected chi connectivity index (χ1v) is 11.1. The van der Waals surface area contributed by atoms with Crippen LogP contribution in [0.4, 0.5) is 18.9 Å². The van der Waals surface area contributed by atoms with Gasteiger partial charge < -0.3 is 15.2 Å². The van der Waals surface area contributed by atoms with Gasteiger partial charge in [-0.1, -0.05) is 0 Å². The lowest BCUT2D eigenvalue weighted by atomic mass is 9.93. The molecule has 33 heavy (non-hydrogen) atoms. The zero-order chi connectivity index (χ0) is 22.9. The summed E-state index contributed by atoms with van der Waals surface area (Å²) in [7, 11) is 2.13. The van der Waals surface area contributed by atoms with Crippen LogP contribution in [0.5, 0.6) is 0 Å². The van der Waals surface area contributed by atoms with E-state index in [4.69, 9.17) is 0 Å². The Labute approximate surface area is 190 Å². The molecule has 1 aliphatic heterocycles. The third-order valence-electron chi connectivity index (χ3n) is 6.39. The highest BCUT2D eigenvalue weighted by Crippen LogP contribution is 2.35. The predicted molar refractivity (Wildman–Crippen MR) is 125 cm³/mol. The molecule has 0 amide bonds. The van der Waals surface area contributed by atoms with E-state index in [-0.39, 0.29) is 12.4 Å². The molecule has 7 heteroatoms. The maximum atomic E-state index is 14.9. The maximum Gasteiger partial charge on any atom is 0.138 e. The fourth-order valence-electron chi connectivity index (χ4n) is 4.58. The summed E-state index contributed by atoms with van der Waals surface area (Å²) in [6.45, 7) is 2.33. The van der Waals surface area contributed by atoms with Gasteiger partial charge in [0.05, 0.1) is 0 Å². The van der Waals surface area contributed by atoms with Gasteiger partial charge in [-0.25, -0.2) is 18.2 Å². The molecule has 4 aromatic rings. The predicted octanol–water partition coefficient (Wildman–Crippen LogP) is 6.07. The molecule has 5 rings (SSSR count). The standard InChI is InChI=1S/C26H25F3N4/c1-33-8-5-17(6-9-33)25-14-23-21(4-7-30-26(23)32-25)22-13-20(2-3-24(22)29)31-15-16-10-18(27)12-19(28)11-16/h2-4,7,10-14,17,31H,5-6,8-9,15H2,1H3,(H,30,32). The highest BCUT2D eigenvalue weighted by atomic mass is 19.1. The van der Waals surface area contributed by atoms with Crippen molar-refractivity contribution in [3.63, 3.8) is 0 Å². The van der Waals surface area contributed by atoms with Crippen molar-refractivity contribution in [3.8, 4) is 11.1 Å². The Morgan fingerprint density at radius 3 is 2.48 bits per heavy atom. The van der Waals surface area contributed by atoms with Crippen molar-refractivity contribution in [2.45, 2.75) is 25.3 Å². The van der Waals surface area contributed by atoms with E-state index in [2.05, 4.69) is 33.3 Å². The number of aromatic amines is 1. The molecule has 2 aromatic heterocycles. The quantitative estimate of drug-likeness (QED) is 0.388. The van der Waals surface area contributed by atoms with Crippen molar-refractivity contribution in [1.29, 1.82) is 0 Å². The molecule has 0 saturated carbocycles. The number of piperidine rings is 1. The Hall–Kier alpha value is -3.32. The third-order valence-corrected chi connectivity index (χ3v) is 6.39. The van der Waals surface area contributed by atoms with Gasteiger partial charge in [-0.15, -0.1) is 0 Å². The molecule has 2 aromatic carbocycles. The second-order valence-electron chi connectivity index (χ2n) is 8.75. The minimum atomic E-state index is -0.626. The highest BCUT2D eigenvalue weighted by Gasteiger charge is 2.21. The molecule has 1 saturated heterocycles.